The highest BCUT2D eigenvalue weighted by atomic mass is 35.5. The Hall–Kier alpha value is -1.59. The van der Waals surface area contributed by atoms with E-state index in [1.807, 2.05) is 41.5 Å². The lowest BCUT2D eigenvalue weighted by Crippen LogP contribution is -2.34. The maximum Gasteiger partial charge on any atom is 0.324 e. The molecular formula is C15H16ClN3OS. The number of urea groups is 1. The van der Waals surface area contributed by atoms with Crippen molar-refractivity contribution in [1.82, 2.24) is 9.88 Å². The van der Waals surface area contributed by atoms with Gasteiger partial charge in [-0.3, -0.25) is 5.32 Å². The number of amides is 2. The first kappa shape index (κ1) is 14.4. The number of hydrogen-bond donors (Lipinski definition) is 1. The molecule has 1 aromatic carbocycles. The number of aryl methyl sites for hydroxylation is 1. The number of carbonyl (C=O) groups excluding carboxylic acids is 1. The van der Waals surface area contributed by atoms with Crippen molar-refractivity contribution in [2.24, 2.45) is 0 Å². The Kier molecular flexibility index (Phi) is 4.12. The summed E-state index contributed by atoms with van der Waals surface area (Å²) in [4.78, 5) is 18.6. The van der Waals surface area contributed by atoms with Gasteiger partial charge in [-0.1, -0.05) is 29.8 Å². The Morgan fingerprint density at radius 3 is 3.00 bits per heavy atom. The Morgan fingerprint density at radius 2 is 2.29 bits per heavy atom. The van der Waals surface area contributed by atoms with Gasteiger partial charge < -0.3 is 4.90 Å². The summed E-state index contributed by atoms with van der Waals surface area (Å²) in [6.45, 7) is 2.65. The van der Waals surface area contributed by atoms with Crippen LogP contribution >= 0.6 is 22.9 Å². The van der Waals surface area contributed by atoms with Crippen molar-refractivity contribution in [3.05, 3.63) is 45.9 Å². The molecule has 0 bridgehead atoms. The number of anilines is 1. The summed E-state index contributed by atoms with van der Waals surface area (Å²) in [7, 11) is 0. The number of likely N-dealkylation sites (tertiary alicyclic amines) is 1. The monoisotopic (exact) mass is 321 g/mol. The second-order valence-electron chi connectivity index (χ2n) is 5.10. The van der Waals surface area contributed by atoms with E-state index in [9.17, 15) is 4.79 Å². The summed E-state index contributed by atoms with van der Waals surface area (Å²) in [5.74, 6) is 0. The van der Waals surface area contributed by atoms with Crippen molar-refractivity contribution in [3.8, 4) is 0 Å². The van der Waals surface area contributed by atoms with Crippen molar-refractivity contribution in [2.45, 2.75) is 25.8 Å². The number of halogens is 1. The quantitative estimate of drug-likeness (QED) is 0.886. The SMILES string of the molecule is Cc1csc(NC(=O)N2CCCC2c2ccccc2Cl)n1. The molecule has 4 nitrogen and oxygen atoms in total. The van der Waals surface area contributed by atoms with E-state index >= 15 is 0 Å². The van der Waals surface area contributed by atoms with Gasteiger partial charge in [0.15, 0.2) is 5.13 Å². The lowest BCUT2D eigenvalue weighted by molar-refractivity contribution is 0.207. The van der Waals surface area contributed by atoms with Gasteiger partial charge in [0.05, 0.1) is 11.7 Å². The van der Waals surface area contributed by atoms with E-state index < -0.39 is 0 Å². The van der Waals surface area contributed by atoms with Crippen LogP contribution in [-0.2, 0) is 0 Å². The minimum Gasteiger partial charge on any atom is -0.317 e. The standard InChI is InChI=1S/C15H16ClN3OS/c1-10-9-21-14(17-10)18-15(20)19-8-4-7-13(19)11-5-2-3-6-12(11)16/h2-3,5-6,9,13H,4,7-8H2,1H3,(H,17,18,20). The molecule has 1 aliphatic heterocycles. The zero-order chi connectivity index (χ0) is 14.8. The molecule has 0 aliphatic carbocycles. The molecule has 0 radical (unpaired) electrons. The first-order chi connectivity index (χ1) is 10.1. The van der Waals surface area contributed by atoms with Gasteiger partial charge in [0.25, 0.3) is 0 Å². The number of hydrogen-bond acceptors (Lipinski definition) is 3. The van der Waals surface area contributed by atoms with Crippen molar-refractivity contribution in [3.63, 3.8) is 0 Å². The number of nitrogens with zero attached hydrogens (tertiary/aromatic N) is 2. The fourth-order valence-electron chi connectivity index (χ4n) is 2.65. The van der Waals surface area contributed by atoms with Gasteiger partial charge in [-0.15, -0.1) is 11.3 Å². The highest BCUT2D eigenvalue weighted by Crippen LogP contribution is 2.36. The highest BCUT2D eigenvalue weighted by Gasteiger charge is 2.31. The average Bonchev–Trinajstić information content (AvgIpc) is 3.08. The van der Waals surface area contributed by atoms with Crippen LogP contribution in [0.1, 0.15) is 30.1 Å². The van der Waals surface area contributed by atoms with Crippen molar-refractivity contribution in [1.29, 1.82) is 0 Å². The highest BCUT2D eigenvalue weighted by molar-refractivity contribution is 7.13. The molecule has 21 heavy (non-hydrogen) atoms. The number of benzene rings is 1. The fourth-order valence-corrected chi connectivity index (χ4v) is 3.59. The van der Waals surface area contributed by atoms with Crippen molar-refractivity contribution >= 4 is 34.1 Å². The summed E-state index contributed by atoms with van der Waals surface area (Å²) >= 11 is 7.71. The number of rotatable bonds is 2. The third-order valence-corrected chi connectivity index (χ3v) is 4.83. The Morgan fingerprint density at radius 1 is 1.48 bits per heavy atom. The summed E-state index contributed by atoms with van der Waals surface area (Å²) in [5, 5.41) is 6.15. The van der Waals surface area contributed by atoms with E-state index in [2.05, 4.69) is 10.3 Å². The summed E-state index contributed by atoms with van der Waals surface area (Å²) in [6, 6.07) is 7.66. The van der Waals surface area contributed by atoms with Crippen LogP contribution in [-0.4, -0.2) is 22.5 Å². The number of carbonyl (C=O) groups is 1. The van der Waals surface area contributed by atoms with Crippen molar-refractivity contribution in [2.75, 3.05) is 11.9 Å². The van der Waals surface area contributed by atoms with E-state index in [0.717, 1.165) is 30.6 Å². The molecule has 2 heterocycles. The zero-order valence-corrected chi connectivity index (χ0v) is 13.2. The largest absolute Gasteiger partial charge is 0.324 e. The van der Waals surface area contributed by atoms with Crippen molar-refractivity contribution < 1.29 is 4.79 Å². The van der Waals surface area contributed by atoms with Crippen LogP contribution in [0.5, 0.6) is 0 Å². The van der Waals surface area contributed by atoms with Gasteiger partial charge >= 0.3 is 6.03 Å². The molecule has 2 amide bonds. The van der Waals surface area contributed by atoms with Crippen LogP contribution in [0.15, 0.2) is 29.6 Å². The molecule has 0 saturated carbocycles. The second-order valence-corrected chi connectivity index (χ2v) is 6.36. The van der Waals surface area contributed by atoms with Gasteiger partial charge in [-0.25, -0.2) is 9.78 Å². The molecule has 1 atom stereocenters. The van der Waals surface area contributed by atoms with E-state index in [4.69, 9.17) is 11.6 Å². The molecule has 110 valence electrons. The Balaban J connectivity index is 1.77. The third kappa shape index (κ3) is 3.04. The minimum absolute atomic E-state index is 0.0414. The van der Waals surface area contributed by atoms with E-state index in [0.29, 0.717) is 10.2 Å². The maximum atomic E-state index is 12.5. The van der Waals surface area contributed by atoms with Gasteiger partial charge in [-0.2, -0.15) is 0 Å². The molecule has 2 aromatic rings. The van der Waals surface area contributed by atoms with Crippen LogP contribution in [0.3, 0.4) is 0 Å². The smallest absolute Gasteiger partial charge is 0.317 e. The van der Waals surface area contributed by atoms with Crippen LogP contribution < -0.4 is 5.32 Å². The van der Waals surface area contributed by atoms with Crippen LogP contribution in [0.2, 0.25) is 5.02 Å². The first-order valence-electron chi connectivity index (χ1n) is 6.89. The number of thiazole rings is 1. The molecule has 1 N–H and O–H groups in total. The van der Waals surface area contributed by atoms with Gasteiger partial charge in [-0.05, 0) is 31.4 Å². The van der Waals surface area contributed by atoms with E-state index in [1.54, 1.807) is 0 Å². The first-order valence-corrected chi connectivity index (χ1v) is 8.15. The third-order valence-electron chi connectivity index (χ3n) is 3.61. The summed E-state index contributed by atoms with van der Waals surface area (Å²) in [5.41, 5.74) is 1.93. The maximum absolute atomic E-state index is 12.5. The molecule has 1 unspecified atom stereocenters. The van der Waals surface area contributed by atoms with Gasteiger partial charge in [0.1, 0.15) is 0 Å². The lowest BCUT2D eigenvalue weighted by atomic mass is 10.0. The molecule has 1 aliphatic rings. The molecular weight excluding hydrogens is 306 g/mol. The molecule has 1 aromatic heterocycles. The van der Waals surface area contributed by atoms with Gasteiger partial charge in [0, 0.05) is 16.9 Å². The molecule has 1 saturated heterocycles. The lowest BCUT2D eigenvalue weighted by Gasteiger charge is -2.25. The predicted molar refractivity (Wildman–Crippen MR) is 86.0 cm³/mol. The average molecular weight is 322 g/mol. The van der Waals surface area contributed by atoms with Gasteiger partial charge in [0.2, 0.25) is 0 Å². The minimum atomic E-state index is -0.105. The van der Waals surface area contributed by atoms with Crippen LogP contribution in [0.4, 0.5) is 9.93 Å². The summed E-state index contributed by atoms with van der Waals surface area (Å²) in [6.07, 6.45) is 1.92. The Labute approximate surface area is 132 Å². The second kappa shape index (κ2) is 6.03. The Bertz CT molecular complexity index is 658. The zero-order valence-electron chi connectivity index (χ0n) is 11.7. The molecule has 1 fully saturated rings. The predicted octanol–water partition coefficient (Wildman–Crippen LogP) is 4.47. The molecule has 3 rings (SSSR count). The fraction of sp³-hybridized carbons (Fsp3) is 0.333. The normalized spacial score (nSPS) is 18.0. The number of nitrogens with one attached hydrogen (secondary N) is 1. The molecule has 0 spiro atoms. The summed E-state index contributed by atoms with van der Waals surface area (Å²) < 4.78 is 0. The topological polar surface area (TPSA) is 45.2 Å². The number of aromatic nitrogens is 1. The van der Waals surface area contributed by atoms with Crippen LogP contribution in [0, 0.1) is 6.92 Å². The van der Waals surface area contributed by atoms with E-state index in [-0.39, 0.29) is 12.1 Å². The molecule has 6 heteroatoms. The van der Waals surface area contributed by atoms with Crippen LogP contribution in [0.25, 0.3) is 0 Å². The van der Waals surface area contributed by atoms with E-state index in [1.165, 1.54) is 11.3 Å².